The van der Waals surface area contributed by atoms with Crippen LogP contribution in [0.5, 0.6) is 0 Å². The van der Waals surface area contributed by atoms with Gasteiger partial charge in [-0.15, -0.1) is 0 Å². The number of benzene rings is 1. The number of aliphatic hydroxyl groups is 1. The zero-order valence-electron chi connectivity index (χ0n) is 6.05. The van der Waals surface area contributed by atoms with Crippen molar-refractivity contribution in [3.05, 3.63) is 35.9 Å². The van der Waals surface area contributed by atoms with Crippen LogP contribution in [0.15, 0.2) is 30.3 Å². The van der Waals surface area contributed by atoms with Gasteiger partial charge in [-0.1, -0.05) is 65.1 Å². The van der Waals surface area contributed by atoms with Gasteiger partial charge < -0.3 is 5.11 Å². The maximum Gasteiger partial charge on any atom is 0.220 e. The Kier molecular flexibility index (Phi) is 3.24. The van der Waals surface area contributed by atoms with Crippen molar-refractivity contribution in [1.29, 1.82) is 0 Å². The van der Waals surface area contributed by atoms with E-state index in [9.17, 15) is 5.11 Å². The third-order valence-corrected chi connectivity index (χ3v) is 2.05. The monoisotopic (exact) mass is 224 g/mol. The van der Waals surface area contributed by atoms with Crippen LogP contribution in [0.2, 0.25) is 0 Å². The van der Waals surface area contributed by atoms with Gasteiger partial charge >= 0.3 is 0 Å². The summed E-state index contributed by atoms with van der Waals surface area (Å²) in [6.07, 6.45) is -1.08. The summed E-state index contributed by atoms with van der Waals surface area (Å²) in [6, 6.07) is 8.78. The minimum absolute atomic E-state index is 0.595. The molecule has 1 aromatic rings. The molecule has 0 heterocycles. The quantitative estimate of drug-likeness (QED) is 0.728. The maximum absolute atomic E-state index is 9.46. The van der Waals surface area contributed by atoms with E-state index in [0.29, 0.717) is 5.56 Å². The van der Waals surface area contributed by atoms with Gasteiger partial charge in [0.15, 0.2) is 0 Å². The smallest absolute Gasteiger partial charge is 0.220 e. The van der Waals surface area contributed by atoms with E-state index in [0.717, 1.165) is 0 Å². The molecule has 0 spiro atoms. The van der Waals surface area contributed by atoms with E-state index in [2.05, 4.69) is 0 Å². The average Bonchev–Trinajstić information content (AvgIpc) is 2.03. The van der Waals surface area contributed by atoms with Gasteiger partial charge in [-0.05, 0) is 5.56 Å². The predicted octanol–water partition coefficient (Wildman–Crippen LogP) is 3.09. The van der Waals surface area contributed by atoms with E-state index >= 15 is 0 Å². The lowest BCUT2D eigenvalue weighted by Crippen LogP contribution is -2.15. The number of hydrogen-bond donors (Lipinski definition) is 1. The van der Waals surface area contributed by atoms with Crippen LogP contribution in [0.3, 0.4) is 0 Å². The summed E-state index contributed by atoms with van der Waals surface area (Å²) in [4.78, 5) is 0. The summed E-state index contributed by atoms with van der Waals surface area (Å²) in [6.45, 7) is 0. The highest BCUT2D eigenvalue weighted by Gasteiger charge is 2.31. The van der Waals surface area contributed by atoms with E-state index in [4.69, 9.17) is 34.8 Å². The van der Waals surface area contributed by atoms with Crippen molar-refractivity contribution in [3.8, 4) is 0 Å². The van der Waals surface area contributed by atoms with E-state index in [-0.39, 0.29) is 0 Å². The van der Waals surface area contributed by atoms with Gasteiger partial charge in [0.2, 0.25) is 3.79 Å². The molecule has 1 nitrogen and oxygen atoms in total. The summed E-state index contributed by atoms with van der Waals surface area (Å²) in [5.74, 6) is 0. The van der Waals surface area contributed by atoms with Gasteiger partial charge in [0.05, 0.1) is 0 Å². The molecule has 0 aliphatic rings. The third-order valence-electron chi connectivity index (χ3n) is 1.43. The highest BCUT2D eigenvalue weighted by molar-refractivity contribution is 6.68. The number of alkyl halides is 3. The van der Waals surface area contributed by atoms with Crippen LogP contribution in [0.25, 0.3) is 0 Å². The SMILES string of the molecule is O[C@H](c1ccccc1)C(Cl)(Cl)Cl. The molecule has 1 N–H and O–H groups in total. The zero-order valence-corrected chi connectivity index (χ0v) is 8.31. The van der Waals surface area contributed by atoms with Gasteiger partial charge in [0.25, 0.3) is 0 Å². The lowest BCUT2D eigenvalue weighted by Gasteiger charge is -2.18. The maximum atomic E-state index is 9.46. The largest absolute Gasteiger partial charge is 0.384 e. The Morgan fingerprint density at radius 3 is 2.00 bits per heavy atom. The first-order valence-corrected chi connectivity index (χ1v) is 4.45. The van der Waals surface area contributed by atoms with Gasteiger partial charge in [-0.2, -0.15) is 0 Å². The zero-order chi connectivity index (χ0) is 9.19. The van der Waals surface area contributed by atoms with E-state index in [1.54, 1.807) is 24.3 Å². The second-order valence-corrected chi connectivity index (χ2v) is 4.72. The molecule has 1 rings (SSSR count). The molecular formula is C8H7Cl3O. The molecule has 0 aliphatic heterocycles. The van der Waals surface area contributed by atoms with Crippen LogP contribution in [-0.2, 0) is 0 Å². The van der Waals surface area contributed by atoms with E-state index < -0.39 is 9.90 Å². The van der Waals surface area contributed by atoms with E-state index in [1.165, 1.54) is 0 Å². The normalized spacial score (nSPS) is 14.3. The topological polar surface area (TPSA) is 20.2 Å². The van der Waals surface area contributed by atoms with E-state index in [1.807, 2.05) is 6.07 Å². The number of hydrogen-bond acceptors (Lipinski definition) is 1. The minimum atomic E-state index is -1.67. The Balaban J connectivity index is 2.86. The average molecular weight is 226 g/mol. The Morgan fingerprint density at radius 1 is 1.08 bits per heavy atom. The first-order chi connectivity index (χ1) is 5.52. The van der Waals surface area contributed by atoms with Gasteiger partial charge in [-0.3, -0.25) is 0 Å². The second-order valence-electron chi connectivity index (χ2n) is 2.35. The minimum Gasteiger partial charge on any atom is -0.384 e. The highest BCUT2D eigenvalue weighted by atomic mass is 35.6. The predicted molar refractivity (Wildman–Crippen MR) is 51.7 cm³/mol. The van der Waals surface area contributed by atoms with Crippen LogP contribution in [0.1, 0.15) is 11.7 Å². The standard InChI is InChI=1S/C8H7Cl3O/c9-8(10,11)7(12)6-4-2-1-3-5-6/h1-5,7,12H/t7-/m1/s1. The Hall–Kier alpha value is 0.0500. The van der Waals surface area contributed by atoms with Crippen molar-refractivity contribution in [2.24, 2.45) is 0 Å². The molecule has 0 aliphatic carbocycles. The van der Waals surface area contributed by atoms with Crippen molar-refractivity contribution in [1.82, 2.24) is 0 Å². The molecule has 0 fully saturated rings. The lowest BCUT2D eigenvalue weighted by molar-refractivity contribution is 0.182. The highest BCUT2D eigenvalue weighted by Crippen LogP contribution is 2.39. The molecule has 1 atom stereocenters. The second kappa shape index (κ2) is 3.84. The molecule has 0 saturated carbocycles. The van der Waals surface area contributed by atoms with Crippen molar-refractivity contribution >= 4 is 34.8 Å². The molecule has 0 amide bonds. The van der Waals surface area contributed by atoms with Crippen LogP contribution in [0, 0.1) is 0 Å². The van der Waals surface area contributed by atoms with Crippen molar-refractivity contribution in [2.45, 2.75) is 9.90 Å². The van der Waals surface area contributed by atoms with Crippen LogP contribution >= 0.6 is 34.8 Å². The molecule has 12 heavy (non-hydrogen) atoms. The van der Waals surface area contributed by atoms with Gasteiger partial charge in [0, 0.05) is 0 Å². The molecule has 0 radical (unpaired) electrons. The molecule has 1 aromatic carbocycles. The lowest BCUT2D eigenvalue weighted by atomic mass is 10.1. The summed E-state index contributed by atoms with van der Waals surface area (Å²) in [7, 11) is 0. The summed E-state index contributed by atoms with van der Waals surface area (Å²) >= 11 is 16.5. The third kappa shape index (κ3) is 2.53. The van der Waals surface area contributed by atoms with Crippen LogP contribution < -0.4 is 0 Å². The fourth-order valence-electron chi connectivity index (χ4n) is 0.824. The Morgan fingerprint density at radius 2 is 1.58 bits per heavy atom. The van der Waals surface area contributed by atoms with Gasteiger partial charge in [-0.25, -0.2) is 0 Å². The first-order valence-electron chi connectivity index (χ1n) is 3.31. The van der Waals surface area contributed by atoms with Gasteiger partial charge in [0.1, 0.15) is 6.10 Å². The van der Waals surface area contributed by atoms with Crippen molar-refractivity contribution in [2.75, 3.05) is 0 Å². The molecular weight excluding hydrogens is 218 g/mol. The number of halogens is 3. The van der Waals surface area contributed by atoms with Crippen molar-refractivity contribution in [3.63, 3.8) is 0 Å². The van der Waals surface area contributed by atoms with Crippen LogP contribution in [0.4, 0.5) is 0 Å². The number of rotatable bonds is 1. The Labute approximate surface area is 85.9 Å². The summed E-state index contributed by atoms with van der Waals surface area (Å²) < 4.78 is -1.67. The van der Waals surface area contributed by atoms with Crippen LogP contribution in [-0.4, -0.2) is 8.90 Å². The molecule has 0 bridgehead atoms. The molecule has 66 valence electrons. The molecule has 0 aromatic heterocycles. The molecule has 0 unspecified atom stereocenters. The fraction of sp³-hybridized carbons (Fsp3) is 0.250. The Bertz CT molecular complexity index is 242. The summed E-state index contributed by atoms with van der Waals surface area (Å²) in [5, 5.41) is 9.46. The fourth-order valence-corrected chi connectivity index (χ4v) is 1.20. The molecule has 0 saturated heterocycles. The summed E-state index contributed by atoms with van der Waals surface area (Å²) in [5.41, 5.74) is 0.595. The number of aliphatic hydroxyl groups excluding tert-OH is 1. The molecule has 4 heteroatoms. The first kappa shape index (κ1) is 10.1. The van der Waals surface area contributed by atoms with Crippen molar-refractivity contribution < 1.29 is 5.11 Å².